The van der Waals surface area contributed by atoms with E-state index in [4.69, 9.17) is 5.73 Å². The van der Waals surface area contributed by atoms with Gasteiger partial charge in [-0.1, -0.05) is 0 Å². The zero-order valence-corrected chi connectivity index (χ0v) is 8.34. The van der Waals surface area contributed by atoms with Gasteiger partial charge < -0.3 is 5.73 Å². The number of primary amides is 1. The normalized spacial score (nSPS) is 14.9. The van der Waals surface area contributed by atoms with Gasteiger partial charge in [-0.25, -0.2) is 0 Å². The number of carbonyl (C=O) groups excluding carboxylic acids is 1. The Kier molecular flexibility index (Phi) is 2.23. The van der Waals surface area contributed by atoms with Crippen molar-refractivity contribution in [2.45, 2.75) is 32.6 Å². The predicted molar refractivity (Wildman–Crippen MR) is 54.1 cm³/mol. The standard InChI is InChI=1S/C11H14N2O/c1-7-9(11(12)14)6-8-4-2-3-5-10(8)13-7/h6H,2-5H2,1H3,(H2,12,14). The van der Waals surface area contributed by atoms with E-state index in [1.807, 2.05) is 13.0 Å². The van der Waals surface area contributed by atoms with E-state index in [1.54, 1.807) is 0 Å². The van der Waals surface area contributed by atoms with Gasteiger partial charge in [-0.05, 0) is 44.2 Å². The monoisotopic (exact) mass is 190 g/mol. The molecule has 0 unspecified atom stereocenters. The third-order valence-corrected chi connectivity index (χ3v) is 2.76. The first-order valence-corrected chi connectivity index (χ1v) is 4.97. The van der Waals surface area contributed by atoms with Crippen LogP contribution in [0.1, 0.15) is 40.2 Å². The van der Waals surface area contributed by atoms with E-state index in [0.717, 1.165) is 24.2 Å². The van der Waals surface area contributed by atoms with Gasteiger partial charge in [0.25, 0.3) is 5.91 Å². The summed E-state index contributed by atoms with van der Waals surface area (Å²) in [4.78, 5) is 15.5. The molecule has 3 nitrogen and oxygen atoms in total. The molecule has 0 spiro atoms. The summed E-state index contributed by atoms with van der Waals surface area (Å²) in [5, 5.41) is 0. The molecule has 2 N–H and O–H groups in total. The third kappa shape index (κ3) is 1.50. The van der Waals surface area contributed by atoms with Gasteiger partial charge in [0.1, 0.15) is 0 Å². The van der Waals surface area contributed by atoms with Crippen molar-refractivity contribution in [2.24, 2.45) is 5.73 Å². The maximum atomic E-state index is 11.1. The number of carbonyl (C=O) groups is 1. The summed E-state index contributed by atoms with van der Waals surface area (Å²) in [7, 11) is 0. The first-order chi connectivity index (χ1) is 6.68. The molecule has 0 fully saturated rings. The van der Waals surface area contributed by atoms with Crippen molar-refractivity contribution >= 4 is 5.91 Å². The van der Waals surface area contributed by atoms with Crippen LogP contribution in [0.4, 0.5) is 0 Å². The molecule has 1 heterocycles. The molecule has 1 aliphatic carbocycles. The van der Waals surface area contributed by atoms with E-state index in [-0.39, 0.29) is 5.91 Å². The summed E-state index contributed by atoms with van der Waals surface area (Å²) in [6.45, 7) is 1.84. The molecule has 1 aromatic rings. The molecule has 0 aliphatic heterocycles. The number of amides is 1. The lowest BCUT2D eigenvalue weighted by atomic mass is 9.94. The van der Waals surface area contributed by atoms with Gasteiger partial charge >= 0.3 is 0 Å². The number of fused-ring (bicyclic) bond motifs is 1. The smallest absolute Gasteiger partial charge is 0.250 e. The average Bonchev–Trinajstić information content (AvgIpc) is 2.16. The van der Waals surface area contributed by atoms with Crippen LogP contribution in [0.3, 0.4) is 0 Å². The number of hydrogen-bond acceptors (Lipinski definition) is 2. The molecule has 1 amide bonds. The highest BCUT2D eigenvalue weighted by Gasteiger charge is 2.15. The van der Waals surface area contributed by atoms with Crippen LogP contribution in [-0.2, 0) is 12.8 Å². The van der Waals surface area contributed by atoms with Crippen LogP contribution in [0.2, 0.25) is 0 Å². The zero-order chi connectivity index (χ0) is 10.1. The Morgan fingerprint density at radius 2 is 2.14 bits per heavy atom. The van der Waals surface area contributed by atoms with Gasteiger partial charge in [0.2, 0.25) is 0 Å². The molecule has 1 aromatic heterocycles. The van der Waals surface area contributed by atoms with E-state index >= 15 is 0 Å². The molecule has 14 heavy (non-hydrogen) atoms. The average molecular weight is 190 g/mol. The van der Waals surface area contributed by atoms with E-state index in [1.165, 1.54) is 18.4 Å². The van der Waals surface area contributed by atoms with Gasteiger partial charge in [-0.15, -0.1) is 0 Å². The molecule has 2 rings (SSSR count). The van der Waals surface area contributed by atoms with Crippen molar-refractivity contribution in [1.29, 1.82) is 0 Å². The maximum Gasteiger partial charge on any atom is 0.250 e. The van der Waals surface area contributed by atoms with Gasteiger partial charge in [-0.2, -0.15) is 0 Å². The molecule has 0 saturated heterocycles. The van der Waals surface area contributed by atoms with E-state index in [0.29, 0.717) is 5.56 Å². The van der Waals surface area contributed by atoms with Crippen molar-refractivity contribution in [1.82, 2.24) is 4.98 Å². The van der Waals surface area contributed by atoms with Crippen LogP contribution in [0.25, 0.3) is 0 Å². The zero-order valence-electron chi connectivity index (χ0n) is 8.34. The van der Waals surface area contributed by atoms with Gasteiger partial charge in [0.05, 0.1) is 11.3 Å². The molecule has 3 heteroatoms. The molecule has 1 aliphatic rings. The van der Waals surface area contributed by atoms with Crippen LogP contribution in [-0.4, -0.2) is 10.9 Å². The Labute approximate surface area is 83.3 Å². The second-order valence-electron chi connectivity index (χ2n) is 3.80. The van der Waals surface area contributed by atoms with Gasteiger partial charge in [0.15, 0.2) is 0 Å². The molecule has 0 saturated carbocycles. The van der Waals surface area contributed by atoms with Gasteiger partial charge in [-0.3, -0.25) is 9.78 Å². The summed E-state index contributed by atoms with van der Waals surface area (Å²) < 4.78 is 0. The fraction of sp³-hybridized carbons (Fsp3) is 0.455. The summed E-state index contributed by atoms with van der Waals surface area (Å²) in [5.41, 5.74) is 8.96. The van der Waals surface area contributed by atoms with Crippen LogP contribution < -0.4 is 5.73 Å². The summed E-state index contributed by atoms with van der Waals surface area (Å²) >= 11 is 0. The third-order valence-electron chi connectivity index (χ3n) is 2.76. The number of rotatable bonds is 1. The topological polar surface area (TPSA) is 56.0 Å². The molecule has 0 bridgehead atoms. The fourth-order valence-corrected chi connectivity index (χ4v) is 1.99. The van der Waals surface area contributed by atoms with Crippen LogP contribution >= 0.6 is 0 Å². The Hall–Kier alpha value is -1.38. The number of hydrogen-bond donors (Lipinski definition) is 1. The quantitative estimate of drug-likeness (QED) is 0.727. The Morgan fingerprint density at radius 3 is 2.86 bits per heavy atom. The molecule has 0 aromatic carbocycles. The van der Waals surface area contributed by atoms with Crippen molar-refractivity contribution in [3.63, 3.8) is 0 Å². The highest BCUT2D eigenvalue weighted by Crippen LogP contribution is 2.21. The lowest BCUT2D eigenvalue weighted by molar-refractivity contribution is 0.0999. The number of pyridine rings is 1. The number of aromatic nitrogens is 1. The molecular formula is C11H14N2O. The van der Waals surface area contributed by atoms with Crippen LogP contribution in [0, 0.1) is 6.92 Å². The Morgan fingerprint density at radius 1 is 1.43 bits per heavy atom. The first-order valence-electron chi connectivity index (χ1n) is 4.97. The van der Waals surface area contributed by atoms with Gasteiger partial charge in [0, 0.05) is 5.69 Å². The lowest BCUT2D eigenvalue weighted by Gasteiger charge is -2.16. The van der Waals surface area contributed by atoms with E-state index in [9.17, 15) is 4.79 Å². The number of nitrogens with zero attached hydrogens (tertiary/aromatic N) is 1. The summed E-state index contributed by atoms with van der Waals surface area (Å²) in [6, 6.07) is 1.92. The van der Waals surface area contributed by atoms with Crippen molar-refractivity contribution < 1.29 is 4.79 Å². The number of nitrogens with two attached hydrogens (primary N) is 1. The lowest BCUT2D eigenvalue weighted by Crippen LogP contribution is -2.16. The maximum absolute atomic E-state index is 11.1. The second kappa shape index (κ2) is 3.40. The van der Waals surface area contributed by atoms with E-state index in [2.05, 4.69) is 4.98 Å². The molecule has 0 atom stereocenters. The summed E-state index contributed by atoms with van der Waals surface area (Å²) in [5.74, 6) is -0.372. The molecular weight excluding hydrogens is 176 g/mol. The van der Waals surface area contributed by atoms with Crippen LogP contribution in [0.5, 0.6) is 0 Å². The van der Waals surface area contributed by atoms with Crippen molar-refractivity contribution in [2.75, 3.05) is 0 Å². The highest BCUT2D eigenvalue weighted by atomic mass is 16.1. The predicted octanol–water partition coefficient (Wildman–Crippen LogP) is 1.37. The minimum atomic E-state index is -0.372. The minimum absolute atomic E-state index is 0.372. The second-order valence-corrected chi connectivity index (χ2v) is 3.80. The minimum Gasteiger partial charge on any atom is -0.366 e. The fourth-order valence-electron chi connectivity index (χ4n) is 1.99. The van der Waals surface area contributed by atoms with E-state index < -0.39 is 0 Å². The van der Waals surface area contributed by atoms with Crippen molar-refractivity contribution in [3.05, 3.63) is 28.6 Å². The Balaban J connectivity index is 2.50. The largest absolute Gasteiger partial charge is 0.366 e. The number of aryl methyl sites for hydroxylation is 3. The van der Waals surface area contributed by atoms with Crippen molar-refractivity contribution in [3.8, 4) is 0 Å². The molecule has 74 valence electrons. The molecule has 0 radical (unpaired) electrons. The highest BCUT2D eigenvalue weighted by molar-refractivity contribution is 5.94. The summed E-state index contributed by atoms with van der Waals surface area (Å²) in [6.07, 6.45) is 4.46. The first kappa shape index (κ1) is 9.19. The Bertz CT molecular complexity index is 385. The SMILES string of the molecule is Cc1nc2c(cc1C(N)=O)CCCC2. The van der Waals surface area contributed by atoms with Crippen LogP contribution in [0.15, 0.2) is 6.07 Å².